The second-order valence-electron chi connectivity index (χ2n) is 3.54. The predicted molar refractivity (Wildman–Crippen MR) is 65.2 cm³/mol. The number of furan rings is 1. The Bertz CT molecular complexity index is 627. The SMILES string of the molecule is [N-]=[N+]=Nc1ccc(OCc2ccc(C(=O)O)o2)cc1. The molecule has 0 atom stereocenters. The first-order valence-electron chi connectivity index (χ1n) is 5.29. The van der Waals surface area contributed by atoms with E-state index in [9.17, 15) is 4.79 Å². The molecule has 0 aliphatic carbocycles. The number of carbonyl (C=O) groups is 1. The molecule has 0 radical (unpaired) electrons. The van der Waals surface area contributed by atoms with Gasteiger partial charge in [0.25, 0.3) is 0 Å². The van der Waals surface area contributed by atoms with Gasteiger partial charge in [-0.2, -0.15) is 0 Å². The van der Waals surface area contributed by atoms with Crippen LogP contribution in [0.15, 0.2) is 45.9 Å². The van der Waals surface area contributed by atoms with Crippen LogP contribution in [-0.2, 0) is 6.61 Å². The molecule has 2 aromatic rings. The molecule has 1 heterocycles. The van der Waals surface area contributed by atoms with Crippen molar-refractivity contribution in [2.24, 2.45) is 5.11 Å². The van der Waals surface area contributed by atoms with Crippen molar-refractivity contribution >= 4 is 11.7 Å². The summed E-state index contributed by atoms with van der Waals surface area (Å²) in [6.07, 6.45) is 0. The molecular formula is C12H9N3O4. The summed E-state index contributed by atoms with van der Waals surface area (Å²) in [6.45, 7) is 0.119. The molecule has 0 unspecified atom stereocenters. The highest BCUT2D eigenvalue weighted by Gasteiger charge is 2.09. The Balaban J connectivity index is 1.97. The summed E-state index contributed by atoms with van der Waals surface area (Å²) in [5.74, 6) is -0.274. The number of nitrogens with zero attached hydrogens (tertiary/aromatic N) is 3. The number of rotatable bonds is 5. The molecule has 19 heavy (non-hydrogen) atoms. The van der Waals surface area contributed by atoms with Gasteiger partial charge in [-0.05, 0) is 41.9 Å². The molecule has 0 spiro atoms. The minimum Gasteiger partial charge on any atom is -0.486 e. The Morgan fingerprint density at radius 2 is 2.05 bits per heavy atom. The fourth-order valence-electron chi connectivity index (χ4n) is 1.39. The van der Waals surface area contributed by atoms with Crippen molar-refractivity contribution < 1.29 is 19.1 Å². The molecule has 0 amide bonds. The number of carboxylic acids is 1. The monoisotopic (exact) mass is 259 g/mol. The summed E-state index contributed by atoms with van der Waals surface area (Å²) in [6, 6.07) is 9.42. The lowest BCUT2D eigenvalue weighted by Crippen LogP contribution is -1.95. The second-order valence-corrected chi connectivity index (χ2v) is 3.54. The van der Waals surface area contributed by atoms with Gasteiger partial charge >= 0.3 is 5.97 Å². The van der Waals surface area contributed by atoms with Crippen LogP contribution < -0.4 is 4.74 Å². The summed E-state index contributed by atoms with van der Waals surface area (Å²) in [4.78, 5) is 13.3. The van der Waals surface area contributed by atoms with E-state index in [4.69, 9.17) is 19.8 Å². The lowest BCUT2D eigenvalue weighted by Gasteiger charge is -2.03. The van der Waals surface area contributed by atoms with Gasteiger partial charge in [0.05, 0.1) is 0 Å². The van der Waals surface area contributed by atoms with Crippen molar-refractivity contribution in [3.8, 4) is 5.75 Å². The molecule has 1 N–H and O–H groups in total. The summed E-state index contributed by atoms with van der Waals surface area (Å²) in [7, 11) is 0. The normalized spacial score (nSPS) is 9.68. The number of benzene rings is 1. The number of hydrogen-bond donors (Lipinski definition) is 1. The molecule has 0 aliphatic heterocycles. The molecule has 0 saturated heterocycles. The van der Waals surface area contributed by atoms with Crippen LogP contribution in [0.5, 0.6) is 5.75 Å². The van der Waals surface area contributed by atoms with Crippen LogP contribution in [0.2, 0.25) is 0 Å². The average Bonchev–Trinajstić information content (AvgIpc) is 2.87. The van der Waals surface area contributed by atoms with Crippen molar-refractivity contribution in [3.05, 3.63) is 58.4 Å². The van der Waals surface area contributed by atoms with E-state index >= 15 is 0 Å². The number of aromatic carboxylic acids is 1. The zero-order valence-corrected chi connectivity index (χ0v) is 9.68. The molecule has 0 bridgehead atoms. The third-order valence-corrected chi connectivity index (χ3v) is 2.25. The standard InChI is InChI=1S/C12H9N3O4/c13-15-14-8-1-3-9(4-2-8)18-7-10-5-6-11(19-10)12(16)17/h1-6H,7H2,(H,16,17). The highest BCUT2D eigenvalue weighted by Crippen LogP contribution is 2.19. The first kappa shape index (κ1) is 12.5. The van der Waals surface area contributed by atoms with E-state index in [0.29, 0.717) is 17.2 Å². The van der Waals surface area contributed by atoms with E-state index in [0.717, 1.165) is 0 Å². The van der Waals surface area contributed by atoms with Crippen molar-refractivity contribution in [2.45, 2.75) is 6.61 Å². The average molecular weight is 259 g/mol. The molecular weight excluding hydrogens is 250 g/mol. The quantitative estimate of drug-likeness (QED) is 0.503. The highest BCUT2D eigenvalue weighted by atomic mass is 16.5. The maximum Gasteiger partial charge on any atom is 0.371 e. The zero-order valence-electron chi connectivity index (χ0n) is 9.68. The zero-order chi connectivity index (χ0) is 13.7. The van der Waals surface area contributed by atoms with Crippen LogP contribution in [0.4, 0.5) is 5.69 Å². The third kappa shape index (κ3) is 3.27. The Kier molecular flexibility index (Phi) is 3.70. The number of ether oxygens (including phenoxy) is 1. The molecule has 0 aliphatic rings. The maximum absolute atomic E-state index is 10.6. The number of azide groups is 1. The first-order chi connectivity index (χ1) is 9.19. The molecule has 2 rings (SSSR count). The van der Waals surface area contributed by atoms with Crippen LogP contribution in [0.25, 0.3) is 10.4 Å². The topological polar surface area (TPSA) is 108 Å². The van der Waals surface area contributed by atoms with E-state index in [2.05, 4.69) is 10.0 Å². The van der Waals surface area contributed by atoms with Gasteiger partial charge in [0, 0.05) is 10.6 Å². The largest absolute Gasteiger partial charge is 0.486 e. The molecule has 1 aromatic carbocycles. The Hall–Kier alpha value is -2.92. The van der Waals surface area contributed by atoms with Crippen molar-refractivity contribution in [1.29, 1.82) is 0 Å². The fourth-order valence-corrected chi connectivity index (χ4v) is 1.39. The fraction of sp³-hybridized carbons (Fsp3) is 0.0833. The van der Waals surface area contributed by atoms with Gasteiger partial charge in [-0.15, -0.1) is 0 Å². The van der Waals surface area contributed by atoms with Crippen LogP contribution >= 0.6 is 0 Å². The Morgan fingerprint density at radius 1 is 1.32 bits per heavy atom. The lowest BCUT2D eigenvalue weighted by molar-refractivity contribution is 0.0658. The van der Waals surface area contributed by atoms with Gasteiger partial charge in [0.15, 0.2) is 0 Å². The molecule has 96 valence electrons. The molecule has 7 nitrogen and oxygen atoms in total. The molecule has 7 heteroatoms. The van der Waals surface area contributed by atoms with Gasteiger partial charge in [0.2, 0.25) is 5.76 Å². The second kappa shape index (κ2) is 5.61. The maximum atomic E-state index is 10.6. The number of carboxylic acid groups (broad SMARTS) is 1. The minimum atomic E-state index is -1.12. The van der Waals surface area contributed by atoms with Gasteiger partial charge < -0.3 is 14.3 Å². The van der Waals surface area contributed by atoms with Gasteiger partial charge in [-0.3, -0.25) is 0 Å². The highest BCUT2D eigenvalue weighted by molar-refractivity contribution is 5.84. The van der Waals surface area contributed by atoms with Crippen LogP contribution in [-0.4, -0.2) is 11.1 Å². The first-order valence-corrected chi connectivity index (χ1v) is 5.29. The van der Waals surface area contributed by atoms with Crippen LogP contribution in [0, 0.1) is 0 Å². The van der Waals surface area contributed by atoms with Gasteiger partial charge in [-0.25, -0.2) is 4.79 Å². The Morgan fingerprint density at radius 3 is 2.63 bits per heavy atom. The minimum absolute atomic E-state index is 0.119. The molecule has 0 fully saturated rings. The summed E-state index contributed by atoms with van der Waals surface area (Å²) >= 11 is 0. The van der Waals surface area contributed by atoms with Crippen molar-refractivity contribution in [2.75, 3.05) is 0 Å². The summed E-state index contributed by atoms with van der Waals surface area (Å²) in [5, 5.41) is 12.1. The van der Waals surface area contributed by atoms with E-state index in [1.54, 1.807) is 24.3 Å². The smallest absolute Gasteiger partial charge is 0.371 e. The van der Waals surface area contributed by atoms with Crippen LogP contribution in [0.1, 0.15) is 16.3 Å². The third-order valence-electron chi connectivity index (χ3n) is 2.25. The number of hydrogen-bond acceptors (Lipinski definition) is 4. The molecule has 0 saturated carbocycles. The van der Waals surface area contributed by atoms with E-state index in [-0.39, 0.29) is 12.4 Å². The van der Waals surface area contributed by atoms with E-state index in [1.165, 1.54) is 12.1 Å². The summed E-state index contributed by atoms with van der Waals surface area (Å²) < 4.78 is 10.4. The van der Waals surface area contributed by atoms with Gasteiger partial charge in [-0.1, -0.05) is 5.11 Å². The van der Waals surface area contributed by atoms with Gasteiger partial charge in [0.1, 0.15) is 18.1 Å². The predicted octanol–water partition coefficient (Wildman–Crippen LogP) is 3.50. The van der Waals surface area contributed by atoms with Crippen molar-refractivity contribution in [1.82, 2.24) is 0 Å². The molecule has 1 aromatic heterocycles. The van der Waals surface area contributed by atoms with E-state index in [1.807, 2.05) is 0 Å². The summed E-state index contributed by atoms with van der Waals surface area (Å²) in [5.41, 5.74) is 8.74. The Labute approximate surface area is 107 Å². The van der Waals surface area contributed by atoms with E-state index < -0.39 is 5.97 Å². The van der Waals surface area contributed by atoms with Crippen molar-refractivity contribution in [3.63, 3.8) is 0 Å². The lowest BCUT2D eigenvalue weighted by atomic mass is 10.3. The van der Waals surface area contributed by atoms with Crippen LogP contribution in [0.3, 0.4) is 0 Å².